The van der Waals surface area contributed by atoms with Crippen LogP contribution in [0.3, 0.4) is 0 Å². The van der Waals surface area contributed by atoms with Gasteiger partial charge in [-0.25, -0.2) is 9.97 Å². The minimum absolute atomic E-state index is 0.518. The molecule has 3 aromatic rings. The SMILES string of the molecule is Cn1cncc1-c1nc2cc(Br)cc(N)c2o1. The van der Waals surface area contributed by atoms with Gasteiger partial charge in [0.1, 0.15) is 11.2 Å². The van der Waals surface area contributed by atoms with E-state index >= 15 is 0 Å². The standard InChI is InChI=1S/C11H9BrN4O/c1-16-5-14-4-9(16)11-15-8-3-6(12)2-7(13)10(8)17-11/h2-5H,13H2,1H3. The number of hydrogen-bond donors (Lipinski definition) is 1. The van der Waals surface area contributed by atoms with Gasteiger partial charge in [-0.05, 0) is 12.1 Å². The molecule has 0 fully saturated rings. The Morgan fingerprint density at radius 1 is 1.41 bits per heavy atom. The van der Waals surface area contributed by atoms with Crippen molar-refractivity contribution in [1.29, 1.82) is 0 Å². The number of aromatic nitrogens is 3. The fourth-order valence-electron chi connectivity index (χ4n) is 1.70. The molecule has 0 saturated carbocycles. The number of halogens is 1. The molecule has 0 bridgehead atoms. The number of rotatable bonds is 1. The van der Waals surface area contributed by atoms with E-state index in [1.54, 1.807) is 18.6 Å². The van der Waals surface area contributed by atoms with Crippen molar-refractivity contribution >= 4 is 32.7 Å². The van der Waals surface area contributed by atoms with E-state index in [4.69, 9.17) is 10.2 Å². The van der Waals surface area contributed by atoms with Crippen LogP contribution in [0.25, 0.3) is 22.7 Å². The Morgan fingerprint density at radius 3 is 2.94 bits per heavy atom. The number of oxazole rings is 1. The van der Waals surface area contributed by atoms with E-state index in [0.717, 1.165) is 15.7 Å². The molecular formula is C11H9BrN4O. The Bertz CT molecular complexity index is 701. The number of fused-ring (bicyclic) bond motifs is 1. The van der Waals surface area contributed by atoms with Crippen molar-refractivity contribution in [3.63, 3.8) is 0 Å². The molecule has 2 aromatic heterocycles. The first-order chi connectivity index (χ1) is 8.15. The van der Waals surface area contributed by atoms with Gasteiger partial charge in [-0.3, -0.25) is 0 Å². The fraction of sp³-hybridized carbons (Fsp3) is 0.0909. The number of hydrogen-bond acceptors (Lipinski definition) is 4. The second-order valence-electron chi connectivity index (χ2n) is 3.75. The molecule has 0 aliphatic carbocycles. The summed E-state index contributed by atoms with van der Waals surface area (Å²) in [5.41, 5.74) is 8.59. The monoisotopic (exact) mass is 292 g/mol. The number of imidazole rings is 1. The zero-order valence-electron chi connectivity index (χ0n) is 9.01. The third-order valence-corrected chi connectivity index (χ3v) is 2.98. The van der Waals surface area contributed by atoms with Gasteiger partial charge < -0.3 is 14.7 Å². The fourth-order valence-corrected chi connectivity index (χ4v) is 2.16. The van der Waals surface area contributed by atoms with Crippen LogP contribution in [0.4, 0.5) is 5.69 Å². The van der Waals surface area contributed by atoms with Crippen molar-refractivity contribution in [1.82, 2.24) is 14.5 Å². The summed E-state index contributed by atoms with van der Waals surface area (Å²) in [6.07, 6.45) is 3.40. The molecule has 0 aliphatic rings. The van der Waals surface area contributed by atoms with E-state index in [1.807, 2.05) is 17.7 Å². The third kappa shape index (κ3) is 1.61. The first kappa shape index (κ1) is 10.3. The maximum atomic E-state index is 5.88. The van der Waals surface area contributed by atoms with E-state index in [1.165, 1.54) is 0 Å². The van der Waals surface area contributed by atoms with Crippen molar-refractivity contribution in [2.24, 2.45) is 7.05 Å². The molecule has 0 radical (unpaired) electrons. The van der Waals surface area contributed by atoms with E-state index in [9.17, 15) is 0 Å². The second-order valence-corrected chi connectivity index (χ2v) is 4.67. The molecule has 0 amide bonds. The van der Waals surface area contributed by atoms with Crippen LogP contribution in [0.1, 0.15) is 0 Å². The minimum atomic E-state index is 0.518. The van der Waals surface area contributed by atoms with Gasteiger partial charge in [-0.1, -0.05) is 15.9 Å². The molecule has 6 heteroatoms. The lowest BCUT2D eigenvalue weighted by atomic mass is 10.3. The highest BCUT2D eigenvalue weighted by Gasteiger charge is 2.13. The quantitative estimate of drug-likeness (QED) is 0.700. The van der Waals surface area contributed by atoms with Crippen molar-refractivity contribution in [2.75, 3.05) is 5.73 Å². The lowest BCUT2D eigenvalue weighted by molar-refractivity contribution is 0.613. The van der Waals surface area contributed by atoms with Crippen molar-refractivity contribution in [3.05, 3.63) is 29.1 Å². The Balaban J connectivity index is 2.27. The highest BCUT2D eigenvalue weighted by atomic mass is 79.9. The zero-order chi connectivity index (χ0) is 12.0. The number of benzene rings is 1. The summed E-state index contributed by atoms with van der Waals surface area (Å²) in [5.74, 6) is 0.518. The van der Waals surface area contributed by atoms with Crippen molar-refractivity contribution in [2.45, 2.75) is 0 Å². The first-order valence-electron chi connectivity index (χ1n) is 4.97. The summed E-state index contributed by atoms with van der Waals surface area (Å²) < 4.78 is 8.39. The predicted molar refractivity (Wildman–Crippen MR) is 68.3 cm³/mol. The summed E-state index contributed by atoms with van der Waals surface area (Å²) in [7, 11) is 1.89. The number of anilines is 1. The van der Waals surface area contributed by atoms with E-state index in [0.29, 0.717) is 17.2 Å². The van der Waals surface area contributed by atoms with Gasteiger partial charge in [0.25, 0.3) is 0 Å². The smallest absolute Gasteiger partial charge is 0.245 e. The molecule has 86 valence electrons. The Hall–Kier alpha value is -1.82. The molecule has 2 N–H and O–H groups in total. The number of nitrogen functional groups attached to an aromatic ring is 1. The minimum Gasteiger partial charge on any atom is -0.432 e. The van der Waals surface area contributed by atoms with Crippen molar-refractivity contribution < 1.29 is 4.42 Å². The number of nitrogens with two attached hydrogens (primary N) is 1. The molecule has 3 rings (SSSR count). The van der Waals surface area contributed by atoms with Crippen LogP contribution >= 0.6 is 15.9 Å². The van der Waals surface area contributed by atoms with Gasteiger partial charge in [-0.15, -0.1) is 0 Å². The zero-order valence-corrected chi connectivity index (χ0v) is 10.6. The van der Waals surface area contributed by atoms with E-state index in [2.05, 4.69) is 25.9 Å². The molecule has 0 spiro atoms. The highest BCUT2D eigenvalue weighted by molar-refractivity contribution is 9.10. The summed E-state index contributed by atoms with van der Waals surface area (Å²) in [6.45, 7) is 0. The molecular weight excluding hydrogens is 284 g/mol. The molecule has 0 atom stereocenters. The maximum absolute atomic E-state index is 5.88. The molecule has 17 heavy (non-hydrogen) atoms. The summed E-state index contributed by atoms with van der Waals surface area (Å²) in [5, 5.41) is 0. The Labute approximate surface area is 105 Å². The lowest BCUT2D eigenvalue weighted by Gasteiger charge is -1.95. The predicted octanol–water partition coefficient (Wildman–Crippen LogP) is 2.57. The maximum Gasteiger partial charge on any atom is 0.245 e. The third-order valence-electron chi connectivity index (χ3n) is 2.52. The number of nitrogens with zero attached hydrogens (tertiary/aromatic N) is 3. The van der Waals surface area contributed by atoms with Crippen LogP contribution in [0.5, 0.6) is 0 Å². The lowest BCUT2D eigenvalue weighted by Crippen LogP contribution is -1.88. The summed E-state index contributed by atoms with van der Waals surface area (Å²) in [6, 6.07) is 3.66. The van der Waals surface area contributed by atoms with Gasteiger partial charge in [-0.2, -0.15) is 0 Å². The average Bonchev–Trinajstić information content (AvgIpc) is 2.83. The van der Waals surface area contributed by atoms with Crippen LogP contribution < -0.4 is 5.73 Å². The van der Waals surface area contributed by atoms with Gasteiger partial charge in [0.2, 0.25) is 5.89 Å². The molecule has 0 unspecified atom stereocenters. The normalized spacial score (nSPS) is 11.2. The average molecular weight is 293 g/mol. The van der Waals surface area contributed by atoms with Gasteiger partial charge in [0, 0.05) is 11.5 Å². The second kappa shape index (κ2) is 3.59. The topological polar surface area (TPSA) is 69.9 Å². The summed E-state index contributed by atoms with van der Waals surface area (Å²) >= 11 is 3.38. The largest absolute Gasteiger partial charge is 0.432 e. The Kier molecular flexibility index (Phi) is 2.19. The molecule has 5 nitrogen and oxygen atoms in total. The molecule has 2 heterocycles. The van der Waals surface area contributed by atoms with Gasteiger partial charge >= 0.3 is 0 Å². The van der Waals surface area contributed by atoms with Crippen LogP contribution in [-0.4, -0.2) is 14.5 Å². The molecule has 0 saturated heterocycles. The summed E-state index contributed by atoms with van der Waals surface area (Å²) in [4.78, 5) is 8.43. The van der Waals surface area contributed by atoms with Crippen LogP contribution in [0, 0.1) is 0 Å². The van der Waals surface area contributed by atoms with Crippen LogP contribution in [-0.2, 0) is 7.05 Å². The Morgan fingerprint density at radius 2 is 2.24 bits per heavy atom. The van der Waals surface area contributed by atoms with Crippen molar-refractivity contribution in [3.8, 4) is 11.6 Å². The van der Waals surface area contributed by atoms with Crippen LogP contribution in [0.2, 0.25) is 0 Å². The molecule has 0 aliphatic heterocycles. The van der Waals surface area contributed by atoms with Gasteiger partial charge in [0.05, 0.1) is 18.2 Å². The van der Waals surface area contributed by atoms with Gasteiger partial charge in [0.15, 0.2) is 5.58 Å². The van der Waals surface area contributed by atoms with E-state index in [-0.39, 0.29) is 0 Å². The molecule has 1 aromatic carbocycles. The highest BCUT2D eigenvalue weighted by Crippen LogP contribution is 2.30. The van der Waals surface area contributed by atoms with E-state index < -0.39 is 0 Å². The first-order valence-corrected chi connectivity index (χ1v) is 5.76. The number of aryl methyl sites for hydroxylation is 1. The van der Waals surface area contributed by atoms with Crippen LogP contribution in [0.15, 0.2) is 33.5 Å².